The van der Waals surface area contributed by atoms with Crippen molar-refractivity contribution in [3.05, 3.63) is 23.1 Å². The molecule has 8 heavy (non-hydrogen) atoms. The van der Waals surface area contributed by atoms with Gasteiger partial charge in [0, 0.05) is 5.03 Å². The molecule has 0 aliphatic rings. The van der Waals surface area contributed by atoms with Crippen molar-refractivity contribution in [2.24, 2.45) is 0 Å². The molecule has 0 aliphatic heterocycles. The van der Waals surface area contributed by atoms with Crippen LogP contribution in [-0.4, -0.2) is 5.75 Å². The van der Waals surface area contributed by atoms with Gasteiger partial charge in [-0.3, -0.25) is 0 Å². The van der Waals surface area contributed by atoms with Crippen molar-refractivity contribution in [1.29, 1.82) is 0 Å². The number of thioether (sulfide) groups is 1. The fourth-order valence-corrected chi connectivity index (χ4v) is 0.822. The van der Waals surface area contributed by atoms with Crippen LogP contribution in [0.25, 0.3) is 0 Å². The normalized spacial score (nSPS) is 11.5. The van der Waals surface area contributed by atoms with E-state index in [1.165, 1.54) is 0 Å². The maximum Gasteiger partial charge on any atom is 0.0463 e. The van der Waals surface area contributed by atoms with Gasteiger partial charge in [0.05, 0.1) is 0 Å². The first-order chi connectivity index (χ1) is 3.81. The van der Waals surface area contributed by atoms with Crippen molar-refractivity contribution >= 4 is 23.4 Å². The molecule has 0 N–H and O–H groups in total. The Morgan fingerprint density at radius 3 is 2.88 bits per heavy atom. The summed E-state index contributed by atoms with van der Waals surface area (Å²) in [5.74, 6) is 1.06. The molecule has 0 unspecified atom stereocenters. The molecule has 0 aromatic rings. The Hall–Kier alpha value is 0.120. The summed E-state index contributed by atoms with van der Waals surface area (Å²) in [6.07, 6.45) is 1.63. The first-order valence-corrected chi connectivity index (χ1v) is 3.83. The third kappa shape index (κ3) is 4.28. The summed E-state index contributed by atoms with van der Waals surface area (Å²) in [6.45, 7) is 5.58. The van der Waals surface area contributed by atoms with Gasteiger partial charge >= 0.3 is 0 Å². The van der Waals surface area contributed by atoms with E-state index < -0.39 is 0 Å². The van der Waals surface area contributed by atoms with Gasteiger partial charge in [-0.1, -0.05) is 31.2 Å². The average Bonchev–Trinajstić information content (AvgIpc) is 1.83. The lowest BCUT2D eigenvalue weighted by Gasteiger charge is -1.84. The zero-order valence-electron chi connectivity index (χ0n) is 4.86. The van der Waals surface area contributed by atoms with Gasteiger partial charge in [0.25, 0.3) is 0 Å². The minimum Gasteiger partial charge on any atom is -0.133 e. The number of hydrogen-bond donors (Lipinski definition) is 0. The van der Waals surface area contributed by atoms with Crippen LogP contribution < -0.4 is 0 Å². The molecule has 0 aromatic heterocycles. The fourth-order valence-electron chi connectivity index (χ4n) is 0.211. The van der Waals surface area contributed by atoms with Gasteiger partial charge in [0.1, 0.15) is 0 Å². The molecule has 0 fully saturated rings. The Kier molecular flexibility index (Phi) is 5.34. The highest BCUT2D eigenvalue weighted by atomic mass is 35.5. The zero-order valence-corrected chi connectivity index (χ0v) is 6.43. The Bertz CT molecular complexity index is 96.7. The molecular weight excluding hydrogens is 140 g/mol. The van der Waals surface area contributed by atoms with E-state index in [0.29, 0.717) is 0 Å². The maximum atomic E-state index is 5.57. The molecule has 0 atom stereocenters. The molecule has 0 radical (unpaired) electrons. The van der Waals surface area contributed by atoms with E-state index in [2.05, 4.69) is 13.5 Å². The van der Waals surface area contributed by atoms with Crippen molar-refractivity contribution in [2.75, 3.05) is 5.75 Å². The number of hydrogen-bond acceptors (Lipinski definition) is 1. The molecule has 0 spiro atoms. The Balaban J connectivity index is 3.40. The van der Waals surface area contributed by atoms with Crippen molar-refractivity contribution in [2.45, 2.75) is 6.92 Å². The van der Waals surface area contributed by atoms with Gasteiger partial charge in [0.15, 0.2) is 0 Å². The number of allylic oxidation sites excluding steroid dienone is 2. The molecule has 0 aliphatic carbocycles. The second-order valence-corrected chi connectivity index (χ2v) is 2.75. The molecular formula is C6H9ClS. The van der Waals surface area contributed by atoms with Crippen LogP contribution in [0.15, 0.2) is 23.1 Å². The van der Waals surface area contributed by atoms with Gasteiger partial charge in [-0.2, -0.15) is 0 Å². The van der Waals surface area contributed by atoms with E-state index in [0.717, 1.165) is 10.8 Å². The van der Waals surface area contributed by atoms with Crippen LogP contribution in [0.5, 0.6) is 0 Å². The molecule has 0 bridgehead atoms. The van der Waals surface area contributed by atoms with Crippen LogP contribution in [0.3, 0.4) is 0 Å². The van der Waals surface area contributed by atoms with Crippen LogP contribution >= 0.6 is 23.4 Å². The highest BCUT2D eigenvalue weighted by molar-refractivity contribution is 8.02. The molecule has 2 heteroatoms. The Morgan fingerprint density at radius 2 is 2.50 bits per heavy atom. The van der Waals surface area contributed by atoms with Crippen LogP contribution in [0.4, 0.5) is 0 Å². The van der Waals surface area contributed by atoms with Crippen molar-refractivity contribution < 1.29 is 0 Å². The van der Waals surface area contributed by atoms with Crippen LogP contribution in [0.2, 0.25) is 0 Å². The highest BCUT2D eigenvalue weighted by Gasteiger charge is 1.79. The first-order valence-electron chi connectivity index (χ1n) is 2.41. The molecule has 0 aromatic carbocycles. The number of rotatable bonds is 3. The highest BCUT2D eigenvalue weighted by Crippen LogP contribution is 2.09. The van der Waals surface area contributed by atoms with E-state index in [4.69, 9.17) is 11.6 Å². The molecule has 0 saturated carbocycles. The van der Waals surface area contributed by atoms with Crippen molar-refractivity contribution in [1.82, 2.24) is 0 Å². The summed E-state index contributed by atoms with van der Waals surface area (Å²) >= 11 is 7.24. The van der Waals surface area contributed by atoms with Crippen LogP contribution in [-0.2, 0) is 0 Å². The van der Waals surface area contributed by atoms with Gasteiger partial charge in [-0.15, -0.1) is 11.8 Å². The third-order valence-electron chi connectivity index (χ3n) is 0.558. The van der Waals surface area contributed by atoms with E-state index in [1.807, 2.05) is 5.41 Å². The lowest BCUT2D eigenvalue weighted by atomic mass is 10.6. The summed E-state index contributed by atoms with van der Waals surface area (Å²) in [5.41, 5.74) is 0. The SMILES string of the molecule is C=C/C(Cl)=C\SCC. The van der Waals surface area contributed by atoms with Crippen LogP contribution in [0, 0.1) is 0 Å². The number of halogens is 1. The second kappa shape index (κ2) is 5.26. The minimum atomic E-state index is 0.719. The standard InChI is InChI=1S/C6H9ClS/c1-3-6(7)5-8-4-2/h3,5H,1,4H2,2H3/b6-5+. The van der Waals surface area contributed by atoms with Gasteiger partial charge in [-0.05, 0) is 11.2 Å². The lowest BCUT2D eigenvalue weighted by Crippen LogP contribution is -1.60. The fraction of sp³-hybridized carbons (Fsp3) is 0.333. The topological polar surface area (TPSA) is 0 Å². The van der Waals surface area contributed by atoms with E-state index in [1.54, 1.807) is 17.8 Å². The third-order valence-corrected chi connectivity index (χ3v) is 1.70. The van der Waals surface area contributed by atoms with E-state index in [9.17, 15) is 0 Å². The molecule has 0 amide bonds. The average molecular weight is 149 g/mol. The zero-order chi connectivity index (χ0) is 6.41. The van der Waals surface area contributed by atoms with Crippen molar-refractivity contribution in [3.63, 3.8) is 0 Å². The van der Waals surface area contributed by atoms with Crippen LogP contribution in [0.1, 0.15) is 6.92 Å². The molecule has 46 valence electrons. The molecule has 0 rings (SSSR count). The summed E-state index contributed by atoms with van der Waals surface area (Å²) in [4.78, 5) is 0. The second-order valence-electron chi connectivity index (χ2n) is 1.16. The smallest absolute Gasteiger partial charge is 0.0463 e. The Morgan fingerprint density at radius 1 is 1.88 bits per heavy atom. The molecule has 0 saturated heterocycles. The maximum absolute atomic E-state index is 5.57. The summed E-state index contributed by atoms with van der Waals surface area (Å²) < 4.78 is 0. The predicted molar refractivity (Wildman–Crippen MR) is 42.3 cm³/mol. The summed E-state index contributed by atoms with van der Waals surface area (Å²) in [7, 11) is 0. The van der Waals surface area contributed by atoms with Crippen molar-refractivity contribution in [3.8, 4) is 0 Å². The van der Waals surface area contributed by atoms with Gasteiger partial charge in [0.2, 0.25) is 0 Å². The Labute approximate surface area is 59.6 Å². The quantitative estimate of drug-likeness (QED) is 0.555. The molecule has 0 heterocycles. The summed E-state index contributed by atoms with van der Waals surface area (Å²) in [5, 5.41) is 2.60. The van der Waals surface area contributed by atoms with E-state index >= 15 is 0 Å². The monoisotopic (exact) mass is 148 g/mol. The lowest BCUT2D eigenvalue weighted by molar-refractivity contribution is 1.54. The summed E-state index contributed by atoms with van der Waals surface area (Å²) in [6, 6.07) is 0. The molecule has 0 nitrogen and oxygen atoms in total. The predicted octanol–water partition coefficient (Wildman–Crippen LogP) is 3.01. The van der Waals surface area contributed by atoms with E-state index in [-0.39, 0.29) is 0 Å². The minimum absolute atomic E-state index is 0.719. The van der Waals surface area contributed by atoms with Gasteiger partial charge < -0.3 is 0 Å². The first kappa shape index (κ1) is 8.12. The van der Waals surface area contributed by atoms with Gasteiger partial charge in [-0.25, -0.2) is 0 Å². The largest absolute Gasteiger partial charge is 0.133 e.